The van der Waals surface area contributed by atoms with Gasteiger partial charge in [0.05, 0.1) is 52.2 Å². The minimum atomic E-state index is -5.35. The van der Waals surface area contributed by atoms with Gasteiger partial charge in [-0.2, -0.15) is 10.2 Å². The Labute approximate surface area is 549 Å². The zero-order valence-electron chi connectivity index (χ0n) is 39.6. The van der Waals surface area contributed by atoms with Crippen LogP contribution in [0, 0.1) is 20.2 Å². The number of fused-ring (bicyclic) bond motifs is 2. The van der Waals surface area contributed by atoms with Crippen LogP contribution in [0.3, 0.4) is 0 Å². The van der Waals surface area contributed by atoms with Crippen LogP contribution in [0.2, 0.25) is 0 Å². The molecule has 6 aromatic carbocycles. The molecule has 0 saturated carbocycles. The molecule has 6 rings (SSSR count). The third kappa shape index (κ3) is 18.6. The number of nitrogens with one attached hydrogen (secondary N) is 2. The second-order valence-corrected chi connectivity index (χ2v) is 19.1. The van der Waals surface area contributed by atoms with Crippen molar-refractivity contribution in [2.24, 2.45) is 20.5 Å². The van der Waals surface area contributed by atoms with Crippen LogP contribution in [0.25, 0.3) is 21.5 Å². The van der Waals surface area contributed by atoms with E-state index in [0.29, 0.717) is 12.1 Å². The molecule has 0 aliphatic rings. The summed E-state index contributed by atoms with van der Waals surface area (Å²) in [5.74, 6) is -6.34. The van der Waals surface area contributed by atoms with Crippen molar-refractivity contribution in [1.82, 2.24) is 0 Å². The maximum Gasteiger partial charge on any atom is 3.00 e. The summed E-state index contributed by atoms with van der Waals surface area (Å²) in [6, 6.07) is 10.1. The molecule has 0 spiro atoms. The van der Waals surface area contributed by atoms with Gasteiger partial charge in [0.2, 0.25) is 11.8 Å². The van der Waals surface area contributed by atoms with E-state index >= 15 is 0 Å². The SMILES string of the molecule is CC(=O)Nc1ccc2cc(S(=O)(=O)[O-])c(N=Nc3cc(S(=O)(=O)[O-])cc([N+](=O)[O-])c3[O-])c([O-])c2c1.CC(=O)Nc1ccc2cc(S(=O)(=O)[O-])c(N=Nc3cc(S(=O)(=O)[O-])cc([N+](=O)[O-])c3[O-])c([O-])c2c1.[Cr+3].[Na+].[Na+].[Na+].[Na+].[Na+]. The van der Waals surface area contributed by atoms with Gasteiger partial charge in [0.1, 0.15) is 40.5 Å². The second-order valence-electron chi connectivity index (χ2n) is 13.7. The zero-order valence-corrected chi connectivity index (χ0v) is 54.2. The summed E-state index contributed by atoms with van der Waals surface area (Å²) < 4.78 is 138. The Bertz CT molecular complexity index is 3580. The van der Waals surface area contributed by atoms with Crippen LogP contribution in [-0.2, 0) is 67.4 Å². The van der Waals surface area contributed by atoms with Crippen molar-refractivity contribution in [1.29, 1.82) is 0 Å². The normalized spacial score (nSPS) is 11.2. The number of nitrogens with zero attached hydrogens (tertiary/aromatic N) is 6. The van der Waals surface area contributed by atoms with Gasteiger partial charge in [-0.15, -0.1) is 10.2 Å². The number of carbonyl (C=O) groups excluding carboxylic acids is 2. The molecule has 0 bridgehead atoms. The zero-order chi connectivity index (χ0) is 52.6. The summed E-state index contributed by atoms with van der Waals surface area (Å²) in [6.45, 7) is 2.37. The topological polar surface area (TPSA) is 515 Å². The first-order chi connectivity index (χ1) is 32.2. The molecule has 0 aromatic heterocycles. The number of hydrogen-bond acceptors (Lipinski definition) is 26. The third-order valence-corrected chi connectivity index (χ3v) is 12.1. The fourth-order valence-corrected chi connectivity index (χ4v) is 8.16. The van der Waals surface area contributed by atoms with Crippen LogP contribution in [0.5, 0.6) is 23.0 Å². The third-order valence-electron chi connectivity index (χ3n) is 8.78. The van der Waals surface area contributed by atoms with Crippen molar-refractivity contribution in [2.45, 2.75) is 33.4 Å². The number of hydrogen-bond donors (Lipinski definition) is 2. The molecule has 76 heavy (non-hydrogen) atoms. The van der Waals surface area contributed by atoms with Gasteiger partial charge >= 0.3 is 165 Å². The monoisotopic (exact) mass is 1210 g/mol. The summed E-state index contributed by atoms with van der Waals surface area (Å²) in [5.41, 5.74) is -6.80. The fraction of sp³-hybridized carbons (Fsp3) is 0.0556. The van der Waals surface area contributed by atoms with Crippen LogP contribution in [0.15, 0.2) is 113 Å². The second kappa shape index (κ2) is 29.6. The number of benzene rings is 6. The molecule has 0 aliphatic carbocycles. The Kier molecular flexibility index (Phi) is 29.3. The predicted octanol–water partition coefficient (Wildman–Crippen LogP) is -12.8. The van der Waals surface area contributed by atoms with Gasteiger partial charge in [-0.3, -0.25) is 29.8 Å². The number of nitro groups is 2. The smallest absolute Gasteiger partial charge is 0.871 e. The van der Waals surface area contributed by atoms with E-state index in [-0.39, 0.29) is 210 Å². The molecule has 0 aliphatic heterocycles. The standard InChI is InChI=1S/2C18H14N4O11S2.Cr.5Na/c2*1-8(23)19-10-3-2-9-4-15(35(31,32)33)16(17(24)12(9)5-10)21-20-13-6-11(34(28,29)30)7-14(18(13)25)22(26)27;;;;;;/h2*2-7,24-25H,1H3,(H,19,23)(H,28,29,30)(H,31,32,33);;;;;;/q;;+3;5*+1/p-8. The summed E-state index contributed by atoms with van der Waals surface area (Å²) in [6.07, 6.45) is 0. The van der Waals surface area contributed by atoms with Crippen molar-refractivity contribution in [3.8, 4) is 23.0 Å². The van der Waals surface area contributed by atoms with Crippen LogP contribution in [0.4, 0.5) is 45.5 Å². The number of amides is 2. The number of rotatable bonds is 12. The molecular weight excluding hydrogens is 1190 g/mol. The van der Waals surface area contributed by atoms with Crippen LogP contribution in [0.1, 0.15) is 13.8 Å². The fourth-order valence-electron chi connectivity index (χ4n) is 5.85. The Hall–Kier alpha value is -2.85. The first kappa shape index (κ1) is 75.2. The molecule has 0 heterocycles. The van der Waals surface area contributed by atoms with Gasteiger partial charge in [0.25, 0.3) is 11.4 Å². The summed E-state index contributed by atoms with van der Waals surface area (Å²) in [7, 11) is -21.3. The summed E-state index contributed by atoms with van der Waals surface area (Å²) in [5, 5.41) is 89.8. The Morgan fingerprint density at radius 3 is 1.01 bits per heavy atom. The van der Waals surface area contributed by atoms with Gasteiger partial charge < -0.3 is 49.3 Å². The minimum absolute atomic E-state index is 0. The number of azo groups is 2. The molecule has 2 N–H and O–H groups in total. The van der Waals surface area contributed by atoms with E-state index in [1.807, 2.05) is 0 Å². The van der Waals surface area contributed by atoms with E-state index < -0.39 is 139 Å². The molecule has 6 aromatic rings. The maximum absolute atomic E-state index is 12.9. The van der Waals surface area contributed by atoms with Crippen molar-refractivity contribution in [3.05, 3.63) is 93.0 Å². The minimum Gasteiger partial charge on any atom is -0.871 e. The van der Waals surface area contributed by atoms with Crippen LogP contribution >= 0.6 is 0 Å². The van der Waals surface area contributed by atoms with E-state index in [1.54, 1.807) is 0 Å². The molecule has 1 radical (unpaired) electrons. The molecule has 2 amide bonds. The van der Waals surface area contributed by atoms with Gasteiger partial charge in [-0.05, 0) is 70.1 Å². The maximum atomic E-state index is 12.9. The number of carbonyl (C=O) groups is 2. The molecule has 371 valence electrons. The average Bonchev–Trinajstić information content (AvgIpc) is 3.22. The molecule has 0 atom stereocenters. The van der Waals surface area contributed by atoms with Gasteiger partial charge in [-0.25, -0.2) is 33.7 Å². The Balaban J connectivity index is 0. The quantitative estimate of drug-likeness (QED) is 0.0378. The van der Waals surface area contributed by atoms with Gasteiger partial charge in [-0.1, -0.05) is 23.6 Å². The van der Waals surface area contributed by atoms with E-state index in [1.165, 1.54) is 38.1 Å². The molecular formula is C36H20CrN8Na5O22S4. The predicted molar refractivity (Wildman–Crippen MR) is 221 cm³/mol. The van der Waals surface area contributed by atoms with Crippen LogP contribution < -0.4 is 179 Å². The van der Waals surface area contributed by atoms with E-state index in [2.05, 4.69) is 31.1 Å². The average molecular weight is 1210 g/mol. The summed E-state index contributed by atoms with van der Waals surface area (Å²) in [4.78, 5) is 37.3. The number of nitro benzene ring substituents is 2. The largest absolute Gasteiger partial charge is 3.00 e. The van der Waals surface area contributed by atoms with Crippen LogP contribution in [-0.4, -0.2) is 73.5 Å². The van der Waals surface area contributed by atoms with E-state index in [4.69, 9.17) is 0 Å². The van der Waals surface area contributed by atoms with Crippen molar-refractivity contribution in [3.63, 3.8) is 0 Å². The Morgan fingerprint density at radius 2 is 0.763 bits per heavy atom. The van der Waals surface area contributed by atoms with E-state index in [0.717, 1.165) is 24.3 Å². The Morgan fingerprint density at radius 1 is 0.461 bits per heavy atom. The van der Waals surface area contributed by atoms with Crippen molar-refractivity contribution >= 4 is 119 Å². The molecule has 0 unspecified atom stereocenters. The van der Waals surface area contributed by atoms with Gasteiger partial charge in [0, 0.05) is 48.9 Å². The molecule has 0 fully saturated rings. The first-order valence-corrected chi connectivity index (χ1v) is 23.6. The molecule has 40 heteroatoms. The summed E-state index contributed by atoms with van der Waals surface area (Å²) >= 11 is 0. The molecule has 30 nitrogen and oxygen atoms in total. The first-order valence-electron chi connectivity index (χ1n) is 18.0. The van der Waals surface area contributed by atoms with Crippen molar-refractivity contribution < 1.29 is 257 Å². The van der Waals surface area contributed by atoms with Gasteiger partial charge in [0.15, 0.2) is 0 Å². The van der Waals surface area contributed by atoms with Crippen molar-refractivity contribution in [2.75, 3.05) is 10.6 Å². The number of anilines is 2. The van der Waals surface area contributed by atoms with E-state index in [9.17, 15) is 102 Å². The molecule has 0 saturated heterocycles.